The zero-order chi connectivity index (χ0) is 21.4. The van der Waals surface area contributed by atoms with Crippen LogP contribution in [0.2, 0.25) is 0 Å². The van der Waals surface area contributed by atoms with Crippen molar-refractivity contribution in [3.8, 4) is 22.7 Å². The Bertz CT molecular complexity index is 1490. The van der Waals surface area contributed by atoms with E-state index in [0.717, 1.165) is 5.69 Å². The van der Waals surface area contributed by atoms with Gasteiger partial charge >= 0.3 is 0 Å². The number of aromatic nitrogens is 5. The van der Waals surface area contributed by atoms with Gasteiger partial charge in [-0.3, -0.25) is 4.79 Å². The average molecular weight is 433 g/mol. The lowest BCUT2D eigenvalue weighted by Crippen LogP contribution is -2.23. The molecule has 0 spiro atoms. The molecule has 3 aromatic heterocycles. The summed E-state index contributed by atoms with van der Waals surface area (Å²) in [6.07, 6.45) is 4.90. The fraction of sp³-hybridized carbons (Fsp3) is 0.0909. The fourth-order valence-electron chi connectivity index (χ4n) is 3.27. The van der Waals surface area contributed by atoms with Crippen molar-refractivity contribution in [2.45, 2.75) is 6.92 Å². The maximum atomic E-state index is 14.5. The Morgan fingerprint density at radius 1 is 1.19 bits per heavy atom. The van der Waals surface area contributed by atoms with Crippen LogP contribution in [-0.2, 0) is 0 Å². The van der Waals surface area contributed by atoms with Gasteiger partial charge in [0, 0.05) is 17.3 Å². The van der Waals surface area contributed by atoms with Gasteiger partial charge < -0.3 is 4.74 Å². The summed E-state index contributed by atoms with van der Waals surface area (Å²) < 4.78 is 23.3. The van der Waals surface area contributed by atoms with Gasteiger partial charge in [-0.1, -0.05) is 29.5 Å². The van der Waals surface area contributed by atoms with Gasteiger partial charge in [0.15, 0.2) is 11.6 Å². The molecule has 154 valence electrons. The van der Waals surface area contributed by atoms with Crippen molar-refractivity contribution in [1.29, 1.82) is 0 Å². The molecule has 0 bridgehead atoms. The van der Waals surface area contributed by atoms with Crippen LogP contribution >= 0.6 is 11.3 Å². The summed E-state index contributed by atoms with van der Waals surface area (Å²) in [5.41, 5.74) is 2.39. The van der Waals surface area contributed by atoms with Crippen LogP contribution in [-0.4, -0.2) is 31.0 Å². The fourth-order valence-corrected chi connectivity index (χ4v) is 4.14. The highest BCUT2D eigenvalue weighted by molar-refractivity contribution is 7.15. The number of hydrogen-bond donors (Lipinski definition) is 0. The first-order valence-corrected chi connectivity index (χ1v) is 10.4. The minimum Gasteiger partial charge on any atom is -0.491 e. The SMILES string of the molecule is CCOc1ccc(-c2nn(-c3ccccc3)cc2C=c2sc3ncnn3c2=O)cc1F. The van der Waals surface area contributed by atoms with E-state index in [1.54, 1.807) is 29.8 Å². The molecule has 3 heterocycles. The third-order valence-corrected chi connectivity index (χ3v) is 5.65. The molecular formula is C22H16FN5O2S. The number of para-hydroxylation sites is 1. The second-order valence-electron chi connectivity index (χ2n) is 6.66. The van der Waals surface area contributed by atoms with Crippen molar-refractivity contribution in [1.82, 2.24) is 24.4 Å². The topological polar surface area (TPSA) is 74.3 Å². The Hall–Kier alpha value is -3.85. The standard InChI is InChI=1S/C22H16FN5O2S/c1-2-30-18-9-8-14(10-17(18)23)20-15(12-27(26-20)16-6-4-3-5-7-16)11-19-21(29)28-22(31-19)24-13-25-28/h3-13H,2H2,1H3. The van der Waals surface area contributed by atoms with E-state index in [2.05, 4.69) is 15.2 Å². The highest BCUT2D eigenvalue weighted by Crippen LogP contribution is 2.28. The molecule has 0 aliphatic carbocycles. The quantitative estimate of drug-likeness (QED) is 0.426. The zero-order valence-corrected chi connectivity index (χ0v) is 17.2. The van der Waals surface area contributed by atoms with Crippen LogP contribution in [0.4, 0.5) is 4.39 Å². The minimum atomic E-state index is -0.470. The second-order valence-corrected chi connectivity index (χ2v) is 7.67. The number of rotatable bonds is 5. The lowest BCUT2D eigenvalue weighted by Gasteiger charge is -2.06. The van der Waals surface area contributed by atoms with Gasteiger partial charge in [-0.05, 0) is 43.3 Å². The van der Waals surface area contributed by atoms with Crippen molar-refractivity contribution in [3.63, 3.8) is 0 Å². The number of benzene rings is 2. The lowest BCUT2D eigenvalue weighted by atomic mass is 10.1. The second kappa shape index (κ2) is 7.77. The van der Waals surface area contributed by atoms with E-state index in [9.17, 15) is 9.18 Å². The third kappa shape index (κ3) is 3.49. The lowest BCUT2D eigenvalue weighted by molar-refractivity contribution is 0.321. The van der Waals surface area contributed by atoms with Gasteiger partial charge in [0.25, 0.3) is 5.56 Å². The Labute approximate surface area is 179 Å². The summed E-state index contributed by atoms with van der Waals surface area (Å²) in [7, 11) is 0. The van der Waals surface area contributed by atoms with Gasteiger partial charge in [0.1, 0.15) is 12.0 Å². The molecular weight excluding hydrogens is 417 g/mol. The van der Waals surface area contributed by atoms with Gasteiger partial charge in [0.2, 0.25) is 4.96 Å². The first-order chi connectivity index (χ1) is 15.1. The maximum absolute atomic E-state index is 14.5. The molecule has 31 heavy (non-hydrogen) atoms. The first-order valence-electron chi connectivity index (χ1n) is 9.56. The van der Waals surface area contributed by atoms with E-state index in [0.29, 0.717) is 32.9 Å². The Morgan fingerprint density at radius 2 is 2.03 bits per heavy atom. The van der Waals surface area contributed by atoms with E-state index < -0.39 is 5.82 Å². The number of fused-ring (bicyclic) bond motifs is 1. The van der Waals surface area contributed by atoms with Crippen molar-refractivity contribution in [3.05, 3.63) is 87.3 Å². The molecule has 0 atom stereocenters. The molecule has 0 unspecified atom stereocenters. The Balaban J connectivity index is 1.70. The number of nitrogens with zero attached hydrogens (tertiary/aromatic N) is 5. The Kier molecular flexibility index (Phi) is 4.79. The molecule has 9 heteroatoms. The largest absolute Gasteiger partial charge is 0.491 e. The molecule has 0 aliphatic heterocycles. The van der Waals surface area contributed by atoms with Crippen molar-refractivity contribution in [2.24, 2.45) is 0 Å². The van der Waals surface area contributed by atoms with Crippen LogP contribution in [0.25, 0.3) is 28.0 Å². The van der Waals surface area contributed by atoms with Crippen molar-refractivity contribution in [2.75, 3.05) is 6.61 Å². The van der Waals surface area contributed by atoms with Crippen LogP contribution < -0.4 is 14.8 Å². The van der Waals surface area contributed by atoms with E-state index in [1.165, 1.54) is 28.2 Å². The van der Waals surface area contributed by atoms with Crippen LogP contribution in [0.15, 0.2) is 65.8 Å². The molecule has 0 radical (unpaired) electrons. The molecule has 0 N–H and O–H groups in total. The highest BCUT2D eigenvalue weighted by atomic mass is 32.1. The summed E-state index contributed by atoms with van der Waals surface area (Å²) in [5.74, 6) is -0.283. The van der Waals surface area contributed by atoms with Crippen molar-refractivity contribution < 1.29 is 9.13 Å². The van der Waals surface area contributed by atoms with Gasteiger partial charge in [-0.25, -0.2) is 14.1 Å². The van der Waals surface area contributed by atoms with E-state index in [4.69, 9.17) is 4.74 Å². The number of thiazole rings is 1. The van der Waals surface area contributed by atoms with Gasteiger partial charge in [0.05, 0.1) is 16.8 Å². The number of hydrogen-bond acceptors (Lipinski definition) is 6. The molecule has 5 rings (SSSR count). The predicted molar refractivity (Wildman–Crippen MR) is 116 cm³/mol. The van der Waals surface area contributed by atoms with Crippen LogP contribution in [0.1, 0.15) is 12.5 Å². The third-order valence-electron chi connectivity index (χ3n) is 4.68. The highest BCUT2D eigenvalue weighted by Gasteiger charge is 2.15. The average Bonchev–Trinajstić information content (AvgIpc) is 3.48. The molecule has 0 saturated heterocycles. The molecule has 0 saturated carbocycles. The monoisotopic (exact) mass is 433 g/mol. The number of halogens is 1. The van der Waals surface area contributed by atoms with Crippen LogP contribution in [0, 0.1) is 5.82 Å². The summed E-state index contributed by atoms with van der Waals surface area (Å²) in [6, 6.07) is 14.3. The maximum Gasteiger partial charge on any atom is 0.291 e. The van der Waals surface area contributed by atoms with E-state index in [1.807, 2.05) is 36.5 Å². The molecule has 0 fully saturated rings. The van der Waals surface area contributed by atoms with E-state index >= 15 is 0 Å². The summed E-state index contributed by atoms with van der Waals surface area (Å²) in [5, 5.41) is 8.63. The number of ether oxygens (including phenoxy) is 1. The molecule has 0 amide bonds. The van der Waals surface area contributed by atoms with Crippen molar-refractivity contribution >= 4 is 22.4 Å². The first kappa shape index (κ1) is 19.1. The summed E-state index contributed by atoms with van der Waals surface area (Å²) in [6.45, 7) is 2.17. The van der Waals surface area contributed by atoms with Gasteiger partial charge in [-0.2, -0.15) is 14.7 Å². The van der Waals surface area contributed by atoms with Crippen LogP contribution in [0.3, 0.4) is 0 Å². The zero-order valence-electron chi connectivity index (χ0n) is 16.4. The molecule has 2 aromatic carbocycles. The predicted octanol–water partition coefficient (Wildman–Crippen LogP) is 3.09. The molecule has 5 aromatic rings. The molecule has 7 nitrogen and oxygen atoms in total. The summed E-state index contributed by atoms with van der Waals surface area (Å²) in [4.78, 5) is 17.2. The van der Waals surface area contributed by atoms with Crippen LogP contribution in [0.5, 0.6) is 5.75 Å². The van der Waals surface area contributed by atoms with E-state index in [-0.39, 0.29) is 11.3 Å². The normalized spacial score (nSPS) is 12.0. The smallest absolute Gasteiger partial charge is 0.291 e. The van der Waals surface area contributed by atoms with Gasteiger partial charge in [-0.15, -0.1) is 0 Å². The molecule has 0 aliphatic rings. The Morgan fingerprint density at radius 3 is 2.77 bits per heavy atom. The summed E-state index contributed by atoms with van der Waals surface area (Å²) >= 11 is 1.24. The minimum absolute atomic E-state index is 0.187.